The second kappa shape index (κ2) is 7.66. The number of hydrogen-bond acceptors (Lipinski definition) is 5. The summed E-state index contributed by atoms with van der Waals surface area (Å²) in [4.78, 5) is 12.5. The second-order valence-electron chi connectivity index (χ2n) is 6.34. The van der Waals surface area contributed by atoms with Gasteiger partial charge in [-0.3, -0.25) is 9.08 Å². The van der Waals surface area contributed by atoms with Gasteiger partial charge >= 0.3 is 10.1 Å². The molecule has 0 saturated heterocycles. The maximum atomic E-state index is 12.5. The fourth-order valence-corrected chi connectivity index (χ4v) is 3.31. The second-order valence-corrected chi connectivity index (χ2v) is 8.78. The van der Waals surface area contributed by atoms with Crippen LogP contribution in [0.25, 0.3) is 0 Å². The maximum Gasteiger partial charge on any atom is 0.358 e. The molecule has 5 nitrogen and oxygen atoms in total. The SMILES string of the molecule is CC(C)C1=CC(=NOS(=O)(=O)c2ccc(Br)cc2)C=C(C(C)C)C1=O. The van der Waals surface area contributed by atoms with Gasteiger partial charge in [0, 0.05) is 15.6 Å². The molecule has 134 valence electrons. The molecule has 0 aliphatic heterocycles. The summed E-state index contributed by atoms with van der Waals surface area (Å²) < 4.78 is 30.0. The van der Waals surface area contributed by atoms with Gasteiger partial charge in [0.05, 0.1) is 0 Å². The molecule has 0 saturated carbocycles. The van der Waals surface area contributed by atoms with Gasteiger partial charge < -0.3 is 0 Å². The number of oxime groups is 1. The molecule has 0 spiro atoms. The Morgan fingerprint density at radius 1 is 0.960 bits per heavy atom. The van der Waals surface area contributed by atoms with Gasteiger partial charge in [0.25, 0.3) is 0 Å². The highest BCUT2D eigenvalue weighted by molar-refractivity contribution is 9.10. The molecular weight excluding hydrogens is 406 g/mol. The third-order valence-electron chi connectivity index (χ3n) is 3.72. The third-order valence-corrected chi connectivity index (χ3v) is 5.37. The van der Waals surface area contributed by atoms with Gasteiger partial charge in [0.15, 0.2) is 5.78 Å². The first-order valence-electron chi connectivity index (χ1n) is 7.87. The highest BCUT2D eigenvalue weighted by Gasteiger charge is 2.25. The first-order valence-corrected chi connectivity index (χ1v) is 10.1. The van der Waals surface area contributed by atoms with E-state index < -0.39 is 10.1 Å². The fourth-order valence-electron chi connectivity index (χ4n) is 2.30. The predicted octanol–water partition coefficient (Wildman–Crippen LogP) is 4.26. The van der Waals surface area contributed by atoms with E-state index in [1.54, 1.807) is 24.3 Å². The molecule has 1 aliphatic rings. The Labute approximate surface area is 156 Å². The summed E-state index contributed by atoms with van der Waals surface area (Å²) in [6.45, 7) is 7.63. The summed E-state index contributed by atoms with van der Waals surface area (Å²) in [7, 11) is -4.02. The Bertz CT molecular complexity index is 833. The fraction of sp³-hybridized carbons (Fsp3) is 0.333. The van der Waals surface area contributed by atoms with E-state index in [0.717, 1.165) is 4.47 Å². The molecule has 0 bridgehead atoms. The summed E-state index contributed by atoms with van der Waals surface area (Å²) in [6.07, 6.45) is 3.16. The molecule has 0 aromatic heterocycles. The van der Waals surface area contributed by atoms with E-state index in [0.29, 0.717) is 16.9 Å². The van der Waals surface area contributed by atoms with Crippen LogP contribution in [0, 0.1) is 11.8 Å². The first-order chi connectivity index (χ1) is 11.6. The van der Waals surface area contributed by atoms with E-state index in [1.165, 1.54) is 12.1 Å². The van der Waals surface area contributed by atoms with E-state index in [9.17, 15) is 13.2 Å². The van der Waals surface area contributed by atoms with Crippen molar-refractivity contribution in [3.8, 4) is 0 Å². The average Bonchev–Trinajstić information content (AvgIpc) is 2.53. The number of hydrogen-bond donors (Lipinski definition) is 0. The van der Waals surface area contributed by atoms with Gasteiger partial charge in [0.2, 0.25) is 0 Å². The number of rotatable bonds is 5. The molecule has 1 aromatic carbocycles. The van der Waals surface area contributed by atoms with Crippen LogP contribution in [0.4, 0.5) is 0 Å². The average molecular weight is 426 g/mol. The van der Waals surface area contributed by atoms with Crippen molar-refractivity contribution >= 4 is 37.5 Å². The van der Waals surface area contributed by atoms with Gasteiger partial charge in [-0.15, -0.1) is 0 Å². The van der Waals surface area contributed by atoms with Crippen molar-refractivity contribution in [2.75, 3.05) is 0 Å². The molecular formula is C18H20BrNO4S. The van der Waals surface area contributed by atoms with Crippen molar-refractivity contribution in [2.45, 2.75) is 32.6 Å². The molecule has 0 N–H and O–H groups in total. The number of allylic oxidation sites excluding steroid dienone is 4. The molecule has 0 fully saturated rings. The predicted molar refractivity (Wildman–Crippen MR) is 101 cm³/mol. The molecule has 25 heavy (non-hydrogen) atoms. The van der Waals surface area contributed by atoms with E-state index in [2.05, 4.69) is 21.1 Å². The number of halogens is 1. The largest absolute Gasteiger partial charge is 0.358 e. The van der Waals surface area contributed by atoms with Crippen molar-refractivity contribution < 1.29 is 17.5 Å². The molecule has 1 aliphatic carbocycles. The van der Waals surface area contributed by atoms with Crippen molar-refractivity contribution in [3.63, 3.8) is 0 Å². The van der Waals surface area contributed by atoms with Crippen molar-refractivity contribution in [2.24, 2.45) is 17.0 Å². The van der Waals surface area contributed by atoms with Gasteiger partial charge in [-0.25, -0.2) is 0 Å². The summed E-state index contributed by atoms with van der Waals surface area (Å²) in [5.41, 5.74) is 1.50. The number of carbonyl (C=O) groups is 1. The van der Waals surface area contributed by atoms with Crippen LogP contribution in [-0.2, 0) is 19.2 Å². The van der Waals surface area contributed by atoms with Crippen molar-refractivity contribution in [3.05, 3.63) is 52.0 Å². The van der Waals surface area contributed by atoms with Gasteiger partial charge in [-0.1, -0.05) is 48.8 Å². The molecule has 2 rings (SSSR count). The van der Waals surface area contributed by atoms with Crippen LogP contribution in [0.5, 0.6) is 0 Å². The van der Waals surface area contributed by atoms with E-state index in [-0.39, 0.29) is 22.5 Å². The van der Waals surface area contributed by atoms with Gasteiger partial charge in [-0.05, 0) is 48.3 Å². The number of carbonyl (C=O) groups excluding carboxylic acids is 1. The lowest BCUT2D eigenvalue weighted by molar-refractivity contribution is -0.113. The Kier molecular flexibility index (Phi) is 6.00. The standard InChI is InChI=1S/C18H20BrNO4S/c1-11(2)16-9-14(10-17(12(3)4)18(16)21)20-24-25(22,23)15-7-5-13(19)6-8-15/h5-12H,1-4H3. The minimum Gasteiger partial charge on any atom is -0.289 e. The maximum absolute atomic E-state index is 12.5. The van der Waals surface area contributed by atoms with Crippen LogP contribution in [0.15, 0.2) is 62.1 Å². The number of ketones is 1. The van der Waals surface area contributed by atoms with Crippen LogP contribution in [0.3, 0.4) is 0 Å². The minimum absolute atomic E-state index is 0.00299. The quantitative estimate of drug-likeness (QED) is 0.521. The minimum atomic E-state index is -4.02. The molecule has 1 aromatic rings. The lowest BCUT2D eigenvalue weighted by atomic mass is 9.84. The Morgan fingerprint density at radius 3 is 1.88 bits per heavy atom. The van der Waals surface area contributed by atoms with Crippen molar-refractivity contribution in [1.82, 2.24) is 0 Å². The Balaban J connectivity index is 2.35. The van der Waals surface area contributed by atoms with E-state index in [4.69, 9.17) is 4.28 Å². The summed E-state index contributed by atoms with van der Waals surface area (Å²) in [5.74, 6) is -0.0221. The highest BCUT2D eigenvalue weighted by atomic mass is 79.9. The first kappa shape index (κ1) is 19.6. The van der Waals surface area contributed by atoms with Gasteiger partial charge in [0.1, 0.15) is 10.6 Å². The van der Waals surface area contributed by atoms with E-state index in [1.807, 2.05) is 27.7 Å². The lowest BCUT2D eigenvalue weighted by Crippen LogP contribution is -2.21. The highest BCUT2D eigenvalue weighted by Crippen LogP contribution is 2.25. The number of benzene rings is 1. The van der Waals surface area contributed by atoms with Crippen molar-refractivity contribution in [1.29, 1.82) is 0 Å². The molecule has 0 heterocycles. The molecule has 0 amide bonds. The molecule has 7 heteroatoms. The zero-order valence-electron chi connectivity index (χ0n) is 14.5. The molecule has 0 unspecified atom stereocenters. The van der Waals surface area contributed by atoms with Crippen LogP contribution in [0.2, 0.25) is 0 Å². The van der Waals surface area contributed by atoms with Crippen LogP contribution in [0.1, 0.15) is 27.7 Å². The number of Topliss-reactive ketones (excluding diaryl/α,β-unsaturated/α-hetero) is 1. The normalized spacial score (nSPS) is 15.3. The molecule has 0 atom stereocenters. The summed E-state index contributed by atoms with van der Waals surface area (Å²) >= 11 is 3.25. The topological polar surface area (TPSA) is 72.8 Å². The third kappa shape index (κ3) is 4.67. The van der Waals surface area contributed by atoms with Gasteiger partial charge in [-0.2, -0.15) is 8.42 Å². The zero-order valence-corrected chi connectivity index (χ0v) is 16.9. The van der Waals surface area contributed by atoms with Crippen LogP contribution >= 0.6 is 15.9 Å². The summed E-state index contributed by atoms with van der Waals surface area (Å²) in [5, 5.41) is 3.77. The Hall–Kier alpha value is -1.73. The van der Waals surface area contributed by atoms with Crippen LogP contribution < -0.4 is 0 Å². The number of nitrogens with zero attached hydrogens (tertiary/aromatic N) is 1. The smallest absolute Gasteiger partial charge is 0.289 e. The molecule has 0 radical (unpaired) electrons. The zero-order chi connectivity index (χ0) is 18.8. The summed E-state index contributed by atoms with van der Waals surface area (Å²) in [6, 6.07) is 6.07. The Morgan fingerprint density at radius 2 is 1.44 bits per heavy atom. The monoisotopic (exact) mass is 425 g/mol. The lowest BCUT2D eigenvalue weighted by Gasteiger charge is -2.19. The van der Waals surface area contributed by atoms with E-state index >= 15 is 0 Å². The van der Waals surface area contributed by atoms with Crippen LogP contribution in [-0.4, -0.2) is 19.9 Å².